The zero-order valence-electron chi connectivity index (χ0n) is 12.0. The van der Waals surface area contributed by atoms with Crippen LogP contribution in [0.4, 0.5) is 11.6 Å². The molecule has 0 radical (unpaired) electrons. The summed E-state index contributed by atoms with van der Waals surface area (Å²) in [5.41, 5.74) is 0. The highest BCUT2D eigenvalue weighted by molar-refractivity contribution is 5.44. The van der Waals surface area contributed by atoms with Crippen LogP contribution < -0.4 is 10.6 Å². The largest absolute Gasteiger partial charge is 0.370 e. The van der Waals surface area contributed by atoms with Gasteiger partial charge in [-0.1, -0.05) is 39.7 Å². The van der Waals surface area contributed by atoms with E-state index in [9.17, 15) is 0 Å². The van der Waals surface area contributed by atoms with Crippen molar-refractivity contribution in [3.63, 3.8) is 0 Å². The van der Waals surface area contributed by atoms with E-state index in [0.717, 1.165) is 37.1 Å². The molecule has 0 unspecified atom stereocenters. The monoisotopic (exact) mass is 249 g/mol. The third-order valence-corrected chi connectivity index (χ3v) is 2.82. The van der Waals surface area contributed by atoms with Gasteiger partial charge in [0.05, 0.1) is 0 Å². The van der Waals surface area contributed by atoms with Gasteiger partial charge in [0.1, 0.15) is 11.6 Å². The van der Waals surface area contributed by atoms with E-state index in [1.807, 2.05) is 18.2 Å². The summed E-state index contributed by atoms with van der Waals surface area (Å²) in [6.07, 6.45) is 4.94. The first-order chi connectivity index (χ1) is 8.72. The van der Waals surface area contributed by atoms with Crippen molar-refractivity contribution in [2.45, 2.75) is 46.5 Å². The minimum absolute atomic E-state index is 0.810. The summed E-state index contributed by atoms with van der Waals surface area (Å²) in [6, 6.07) is 6.08. The first-order valence-corrected chi connectivity index (χ1v) is 7.17. The molecule has 0 bridgehead atoms. The van der Waals surface area contributed by atoms with Crippen LogP contribution in [0.25, 0.3) is 0 Å². The molecule has 1 rings (SSSR count). The summed E-state index contributed by atoms with van der Waals surface area (Å²) < 4.78 is 0. The molecular weight excluding hydrogens is 222 g/mol. The Kier molecular flexibility index (Phi) is 7.23. The van der Waals surface area contributed by atoms with Gasteiger partial charge in [0, 0.05) is 13.1 Å². The van der Waals surface area contributed by atoms with Crippen LogP contribution in [0.2, 0.25) is 0 Å². The molecule has 102 valence electrons. The Labute approximate surface area is 111 Å². The lowest BCUT2D eigenvalue weighted by Gasteiger charge is -2.09. The van der Waals surface area contributed by atoms with Crippen molar-refractivity contribution in [1.29, 1.82) is 0 Å². The molecule has 0 fully saturated rings. The molecule has 1 aromatic heterocycles. The van der Waals surface area contributed by atoms with Crippen molar-refractivity contribution in [2.75, 3.05) is 23.7 Å². The van der Waals surface area contributed by atoms with Crippen LogP contribution in [0.5, 0.6) is 0 Å². The average Bonchev–Trinajstić information content (AvgIpc) is 2.36. The lowest BCUT2D eigenvalue weighted by Crippen LogP contribution is -2.06. The molecule has 0 aliphatic rings. The maximum atomic E-state index is 4.52. The predicted octanol–water partition coefficient (Wildman–Crippen LogP) is 4.14. The van der Waals surface area contributed by atoms with Crippen molar-refractivity contribution >= 4 is 11.6 Å². The molecule has 3 nitrogen and oxygen atoms in total. The summed E-state index contributed by atoms with van der Waals surface area (Å²) >= 11 is 0. The number of rotatable bonds is 9. The van der Waals surface area contributed by atoms with Crippen LogP contribution in [0.3, 0.4) is 0 Å². The first kappa shape index (κ1) is 14.8. The number of hydrogen-bond donors (Lipinski definition) is 2. The fourth-order valence-corrected chi connectivity index (χ4v) is 1.78. The van der Waals surface area contributed by atoms with Crippen molar-refractivity contribution in [3.05, 3.63) is 18.2 Å². The van der Waals surface area contributed by atoms with Gasteiger partial charge in [0.25, 0.3) is 0 Å². The molecule has 0 aliphatic heterocycles. The molecule has 0 saturated carbocycles. The highest BCUT2D eigenvalue weighted by atomic mass is 15.1. The third kappa shape index (κ3) is 6.48. The van der Waals surface area contributed by atoms with Gasteiger partial charge in [-0.2, -0.15) is 0 Å². The van der Waals surface area contributed by atoms with Crippen LogP contribution in [0.1, 0.15) is 46.5 Å². The lowest BCUT2D eigenvalue weighted by molar-refractivity contribution is 0.544. The molecule has 0 aliphatic carbocycles. The molecule has 0 spiro atoms. The fourth-order valence-electron chi connectivity index (χ4n) is 1.78. The van der Waals surface area contributed by atoms with Crippen molar-refractivity contribution in [3.8, 4) is 0 Å². The average molecular weight is 249 g/mol. The number of nitrogens with zero attached hydrogens (tertiary/aromatic N) is 1. The van der Waals surface area contributed by atoms with Crippen LogP contribution in [-0.4, -0.2) is 18.1 Å². The number of aromatic nitrogens is 1. The molecule has 0 aromatic carbocycles. The van der Waals surface area contributed by atoms with Gasteiger partial charge in [-0.15, -0.1) is 0 Å². The van der Waals surface area contributed by atoms with Gasteiger partial charge in [0.2, 0.25) is 0 Å². The third-order valence-electron chi connectivity index (χ3n) is 2.82. The highest BCUT2D eigenvalue weighted by Gasteiger charge is 1.97. The van der Waals surface area contributed by atoms with Crippen LogP contribution >= 0.6 is 0 Å². The molecular formula is C15H27N3. The summed E-state index contributed by atoms with van der Waals surface area (Å²) in [7, 11) is 0. The Morgan fingerprint density at radius 3 is 2.33 bits per heavy atom. The van der Waals surface area contributed by atoms with Gasteiger partial charge in [-0.05, 0) is 30.9 Å². The Hall–Kier alpha value is -1.25. The molecule has 18 heavy (non-hydrogen) atoms. The summed E-state index contributed by atoms with van der Waals surface area (Å²) in [5.74, 6) is 2.74. The Morgan fingerprint density at radius 1 is 1.06 bits per heavy atom. The maximum absolute atomic E-state index is 4.52. The normalized spacial score (nSPS) is 10.7. The van der Waals surface area contributed by atoms with Gasteiger partial charge < -0.3 is 10.6 Å². The second kappa shape index (κ2) is 8.78. The predicted molar refractivity (Wildman–Crippen MR) is 80.2 cm³/mol. The van der Waals surface area contributed by atoms with E-state index < -0.39 is 0 Å². The van der Waals surface area contributed by atoms with E-state index in [2.05, 4.69) is 36.4 Å². The van der Waals surface area contributed by atoms with E-state index in [4.69, 9.17) is 0 Å². The van der Waals surface area contributed by atoms with E-state index in [1.165, 1.54) is 19.3 Å². The van der Waals surface area contributed by atoms with E-state index >= 15 is 0 Å². The zero-order valence-corrected chi connectivity index (χ0v) is 12.0. The Morgan fingerprint density at radius 2 is 1.72 bits per heavy atom. The summed E-state index contributed by atoms with van der Waals surface area (Å²) in [4.78, 5) is 4.52. The smallest absolute Gasteiger partial charge is 0.128 e. The number of pyridine rings is 1. The topological polar surface area (TPSA) is 37.0 Å². The first-order valence-electron chi connectivity index (χ1n) is 7.17. The van der Waals surface area contributed by atoms with Crippen molar-refractivity contribution in [2.24, 2.45) is 5.92 Å². The summed E-state index contributed by atoms with van der Waals surface area (Å²) in [6.45, 7) is 8.70. The molecule has 0 saturated heterocycles. The lowest BCUT2D eigenvalue weighted by atomic mass is 10.1. The number of nitrogens with one attached hydrogen (secondary N) is 2. The summed E-state index contributed by atoms with van der Waals surface area (Å²) in [5, 5.41) is 6.68. The van der Waals surface area contributed by atoms with Crippen molar-refractivity contribution in [1.82, 2.24) is 4.98 Å². The molecule has 0 amide bonds. The molecule has 2 N–H and O–H groups in total. The zero-order chi connectivity index (χ0) is 13.2. The Bertz CT molecular complexity index is 323. The van der Waals surface area contributed by atoms with E-state index in [0.29, 0.717) is 0 Å². The molecule has 1 aromatic rings. The maximum Gasteiger partial charge on any atom is 0.128 e. The second-order valence-corrected chi connectivity index (χ2v) is 5.15. The fraction of sp³-hybridized carbons (Fsp3) is 0.667. The molecule has 1 heterocycles. The Balaban J connectivity index is 2.24. The van der Waals surface area contributed by atoms with Gasteiger partial charge in [-0.3, -0.25) is 0 Å². The minimum atomic E-state index is 0.810. The van der Waals surface area contributed by atoms with Crippen LogP contribution in [-0.2, 0) is 0 Å². The highest BCUT2D eigenvalue weighted by Crippen LogP contribution is 2.10. The number of anilines is 2. The number of unbranched alkanes of at least 4 members (excludes halogenated alkanes) is 1. The SMILES string of the molecule is CCCNc1cccc(NCCCCC(C)C)n1. The minimum Gasteiger partial charge on any atom is -0.370 e. The van der Waals surface area contributed by atoms with Gasteiger partial charge in [-0.25, -0.2) is 4.98 Å². The van der Waals surface area contributed by atoms with Crippen molar-refractivity contribution < 1.29 is 0 Å². The van der Waals surface area contributed by atoms with E-state index in [-0.39, 0.29) is 0 Å². The quantitative estimate of drug-likeness (QED) is 0.646. The second-order valence-electron chi connectivity index (χ2n) is 5.15. The molecule has 0 atom stereocenters. The molecule has 3 heteroatoms. The number of hydrogen-bond acceptors (Lipinski definition) is 3. The van der Waals surface area contributed by atoms with E-state index in [1.54, 1.807) is 0 Å². The van der Waals surface area contributed by atoms with Gasteiger partial charge in [0.15, 0.2) is 0 Å². The van der Waals surface area contributed by atoms with Crippen LogP contribution in [0, 0.1) is 5.92 Å². The van der Waals surface area contributed by atoms with Crippen LogP contribution in [0.15, 0.2) is 18.2 Å². The standard InChI is InChI=1S/C15H27N3/c1-4-11-16-14-9-7-10-15(18-14)17-12-6-5-8-13(2)3/h7,9-10,13H,4-6,8,11-12H2,1-3H3,(H2,16,17,18). The van der Waals surface area contributed by atoms with Gasteiger partial charge >= 0.3 is 0 Å².